The van der Waals surface area contributed by atoms with Crippen molar-refractivity contribution in [2.45, 2.75) is 64.5 Å². The molecule has 0 unspecified atom stereocenters. The average Bonchev–Trinajstić information content (AvgIpc) is 3.32. The van der Waals surface area contributed by atoms with E-state index in [0.717, 1.165) is 43.4 Å². The van der Waals surface area contributed by atoms with Crippen molar-refractivity contribution < 1.29 is 82.1 Å². The number of phenolic OH excluding ortho intramolecular Hbond substituents is 1. The Morgan fingerprint density at radius 3 is 2.26 bits per heavy atom. The molecule has 2 aromatic carbocycles. The fourth-order valence-electron chi connectivity index (χ4n) is 3.68. The van der Waals surface area contributed by atoms with Crippen LogP contribution in [0.15, 0.2) is 36.4 Å². The quantitative estimate of drug-likeness (QED) is 0.300. The number of ether oxygens (including phenoxy) is 1. The summed E-state index contributed by atoms with van der Waals surface area (Å²) < 4.78 is 44.4. The van der Waals surface area contributed by atoms with Gasteiger partial charge in [-0.15, -0.1) is 10.2 Å². The first-order valence-electron chi connectivity index (χ1n) is 11.0. The number of aromatic nitrogens is 4. The van der Waals surface area contributed by atoms with E-state index in [0.29, 0.717) is 35.7 Å². The second-order valence-electron chi connectivity index (χ2n) is 8.68. The summed E-state index contributed by atoms with van der Waals surface area (Å²) in [4.78, 5) is 0. The number of aryl methyl sites for hydroxylation is 1. The number of phenols is 1. The van der Waals surface area contributed by atoms with Crippen molar-refractivity contribution in [3.8, 4) is 22.6 Å². The summed E-state index contributed by atoms with van der Waals surface area (Å²) in [5.41, 5.74) is 1.02. The number of aromatic hydroxyl groups is 1. The smallest absolute Gasteiger partial charge is 0.507 e. The van der Waals surface area contributed by atoms with E-state index in [1.165, 1.54) is 12.1 Å². The molecule has 0 aliphatic rings. The Kier molecular flexibility index (Phi) is 12.8. The van der Waals surface area contributed by atoms with E-state index < -0.39 is 11.7 Å². The summed E-state index contributed by atoms with van der Waals surface area (Å²) in [5.74, 6) is 1.27. The number of H-pyrrole nitrogens is 1. The summed E-state index contributed by atoms with van der Waals surface area (Å²) in [6.07, 6.45) is 0.0159. The van der Waals surface area contributed by atoms with E-state index in [4.69, 9.17) is 4.74 Å². The Labute approximate surface area is 248 Å². The van der Waals surface area contributed by atoms with E-state index in [1.54, 1.807) is 12.1 Å². The van der Waals surface area contributed by atoms with Crippen LogP contribution in [0.2, 0.25) is 0 Å². The fourth-order valence-corrected chi connectivity index (χ4v) is 3.68. The van der Waals surface area contributed by atoms with Crippen LogP contribution in [-0.2, 0) is 18.0 Å². The van der Waals surface area contributed by atoms with Gasteiger partial charge in [-0.05, 0) is 48.6 Å². The second kappa shape index (κ2) is 14.0. The molecule has 0 amide bonds. The standard InChI is InChI=1S/C24H29F3N4O2.2Na/c1-4-16-14-19(17-8-10-18(11-9-17)24(25,26)27)20(32)15-21(16)33-13-7-5-6-12-23(2,3)22-28-30-31-29-22;;/h8-11,14-15,32H,4-7,12-13H2,1-3H3,(H,28,29,30,31);;/q;2*+1. The first kappa shape index (κ1) is 31.9. The zero-order valence-electron chi connectivity index (χ0n) is 21.0. The van der Waals surface area contributed by atoms with E-state index >= 15 is 0 Å². The van der Waals surface area contributed by atoms with E-state index in [1.807, 2.05) is 6.92 Å². The van der Waals surface area contributed by atoms with Crippen LogP contribution >= 0.6 is 0 Å². The molecule has 0 saturated heterocycles. The maximum Gasteiger partial charge on any atom is 1.00 e. The normalized spacial score (nSPS) is 11.5. The molecule has 0 aliphatic carbocycles. The minimum atomic E-state index is -4.39. The molecule has 0 spiro atoms. The van der Waals surface area contributed by atoms with Gasteiger partial charge >= 0.3 is 65.3 Å². The van der Waals surface area contributed by atoms with Crippen LogP contribution in [-0.4, -0.2) is 32.3 Å². The van der Waals surface area contributed by atoms with Crippen LogP contribution < -0.4 is 63.9 Å². The second-order valence-corrected chi connectivity index (χ2v) is 8.68. The number of nitrogens with zero attached hydrogens (tertiary/aromatic N) is 3. The van der Waals surface area contributed by atoms with E-state index in [2.05, 4.69) is 34.5 Å². The summed E-state index contributed by atoms with van der Waals surface area (Å²) in [5, 5.41) is 24.7. The van der Waals surface area contributed by atoms with Gasteiger partial charge in [-0.3, -0.25) is 0 Å². The maximum atomic E-state index is 12.8. The molecule has 0 saturated carbocycles. The maximum absolute atomic E-state index is 12.8. The predicted octanol–water partition coefficient (Wildman–Crippen LogP) is 0.0785. The van der Waals surface area contributed by atoms with Crippen molar-refractivity contribution in [1.29, 1.82) is 0 Å². The third-order valence-corrected chi connectivity index (χ3v) is 5.74. The molecule has 0 aliphatic heterocycles. The topological polar surface area (TPSA) is 83.9 Å². The molecular weight excluding hydrogens is 479 g/mol. The van der Waals surface area contributed by atoms with Crippen molar-refractivity contribution in [1.82, 2.24) is 20.6 Å². The van der Waals surface area contributed by atoms with Crippen molar-refractivity contribution in [2.75, 3.05) is 6.61 Å². The fraction of sp³-hybridized carbons (Fsp3) is 0.458. The number of unbranched alkanes of at least 4 members (excludes halogenated alkanes) is 2. The molecule has 35 heavy (non-hydrogen) atoms. The van der Waals surface area contributed by atoms with Crippen molar-refractivity contribution in [3.05, 3.63) is 53.3 Å². The van der Waals surface area contributed by atoms with Crippen LogP contribution in [0.3, 0.4) is 0 Å². The van der Waals surface area contributed by atoms with Gasteiger partial charge in [0.1, 0.15) is 11.5 Å². The monoisotopic (exact) mass is 508 g/mol. The number of rotatable bonds is 10. The van der Waals surface area contributed by atoms with Gasteiger partial charge in [0.15, 0.2) is 5.82 Å². The molecule has 0 fully saturated rings. The Balaban J connectivity index is 0.00000306. The minimum absolute atomic E-state index is 0. The SMILES string of the molecule is CCc1cc(-c2ccc(C(F)(F)F)cc2)c(O)cc1OCCCCCC(C)(C)c1nn[nH]n1.[Na+].[Na+]. The average molecular weight is 508 g/mol. The number of tetrazole rings is 1. The van der Waals surface area contributed by atoms with Gasteiger partial charge in [0.25, 0.3) is 0 Å². The van der Waals surface area contributed by atoms with Gasteiger partial charge in [-0.1, -0.05) is 51.0 Å². The minimum Gasteiger partial charge on any atom is -0.507 e. The third-order valence-electron chi connectivity index (χ3n) is 5.74. The zero-order chi connectivity index (χ0) is 24.1. The van der Waals surface area contributed by atoms with Crippen LogP contribution in [0, 0.1) is 0 Å². The van der Waals surface area contributed by atoms with Crippen LogP contribution in [0.4, 0.5) is 13.2 Å². The zero-order valence-corrected chi connectivity index (χ0v) is 25.0. The number of hydrogen-bond acceptors (Lipinski definition) is 5. The number of aromatic amines is 1. The molecular formula is C24H29F3N4Na2O2+2. The first-order chi connectivity index (χ1) is 15.6. The first-order valence-corrected chi connectivity index (χ1v) is 11.0. The molecule has 178 valence electrons. The molecule has 0 bridgehead atoms. The molecule has 0 atom stereocenters. The predicted molar refractivity (Wildman–Crippen MR) is 119 cm³/mol. The summed E-state index contributed by atoms with van der Waals surface area (Å²) >= 11 is 0. The molecule has 6 nitrogen and oxygen atoms in total. The number of halogens is 3. The molecule has 1 aromatic heterocycles. The Morgan fingerprint density at radius 1 is 1.00 bits per heavy atom. The molecule has 2 N–H and O–H groups in total. The molecule has 3 rings (SSSR count). The van der Waals surface area contributed by atoms with Crippen LogP contribution in [0.1, 0.15) is 63.4 Å². The van der Waals surface area contributed by atoms with Crippen molar-refractivity contribution >= 4 is 0 Å². The van der Waals surface area contributed by atoms with Gasteiger partial charge in [-0.25, -0.2) is 0 Å². The van der Waals surface area contributed by atoms with Crippen LogP contribution in [0.5, 0.6) is 11.5 Å². The van der Waals surface area contributed by atoms with Crippen LogP contribution in [0.25, 0.3) is 11.1 Å². The largest absolute Gasteiger partial charge is 1.00 e. The number of benzene rings is 2. The Morgan fingerprint density at radius 2 is 1.69 bits per heavy atom. The number of nitrogens with one attached hydrogen (secondary N) is 1. The van der Waals surface area contributed by atoms with Crippen molar-refractivity contribution in [3.63, 3.8) is 0 Å². The summed E-state index contributed by atoms with van der Waals surface area (Å²) in [7, 11) is 0. The molecule has 3 aromatic rings. The van der Waals surface area contributed by atoms with E-state index in [9.17, 15) is 18.3 Å². The van der Waals surface area contributed by atoms with Crippen molar-refractivity contribution in [2.24, 2.45) is 0 Å². The number of hydrogen-bond donors (Lipinski definition) is 2. The third kappa shape index (κ3) is 8.76. The van der Waals surface area contributed by atoms with Gasteiger partial charge in [0.05, 0.1) is 12.2 Å². The number of alkyl halides is 3. The summed E-state index contributed by atoms with van der Waals surface area (Å²) in [6, 6.07) is 8.10. The molecule has 11 heteroatoms. The van der Waals surface area contributed by atoms with Gasteiger partial charge in [0.2, 0.25) is 0 Å². The molecule has 0 radical (unpaired) electrons. The molecule has 1 heterocycles. The van der Waals surface area contributed by atoms with Gasteiger partial charge in [0, 0.05) is 17.0 Å². The summed E-state index contributed by atoms with van der Waals surface area (Å²) in [6.45, 7) is 6.65. The van der Waals surface area contributed by atoms with E-state index in [-0.39, 0.29) is 70.3 Å². The Bertz CT molecular complexity index is 1040. The Hall–Kier alpha value is -1.10. The van der Waals surface area contributed by atoms with Gasteiger partial charge < -0.3 is 9.84 Å². The van der Waals surface area contributed by atoms with Gasteiger partial charge in [-0.2, -0.15) is 18.4 Å².